The predicted molar refractivity (Wildman–Crippen MR) is 84.6 cm³/mol. The van der Waals surface area contributed by atoms with Crippen molar-refractivity contribution >= 4 is 23.2 Å². The summed E-state index contributed by atoms with van der Waals surface area (Å²) in [5, 5.41) is 2.80. The molecule has 0 spiro atoms. The zero-order valence-electron chi connectivity index (χ0n) is 12.6. The summed E-state index contributed by atoms with van der Waals surface area (Å²) in [5.74, 6) is -0.618. The lowest BCUT2D eigenvalue weighted by molar-refractivity contribution is -0.123. The number of nitrogens with two attached hydrogens (primary N) is 2. The first kappa shape index (κ1) is 17.0. The standard InChI is InChI=1S/C15H24N4O2/c1-3-4-8-19(10-14(17)20)11(2)15(21)18-13-7-5-6-12(16)9-13/h5-7,9,11H,3-4,8,10,16H2,1-2H3,(H2,17,20)(H,18,21). The molecular formula is C15H24N4O2. The zero-order chi connectivity index (χ0) is 15.8. The Morgan fingerprint density at radius 2 is 2.10 bits per heavy atom. The third-order valence-corrected chi connectivity index (χ3v) is 3.24. The summed E-state index contributed by atoms with van der Waals surface area (Å²) >= 11 is 0. The van der Waals surface area contributed by atoms with Crippen molar-refractivity contribution in [2.75, 3.05) is 24.1 Å². The highest BCUT2D eigenvalue weighted by atomic mass is 16.2. The zero-order valence-corrected chi connectivity index (χ0v) is 12.6. The highest BCUT2D eigenvalue weighted by Crippen LogP contribution is 2.13. The highest BCUT2D eigenvalue weighted by Gasteiger charge is 2.22. The highest BCUT2D eigenvalue weighted by molar-refractivity contribution is 5.95. The summed E-state index contributed by atoms with van der Waals surface area (Å²) in [6, 6.07) is 6.54. The van der Waals surface area contributed by atoms with Gasteiger partial charge in [-0.3, -0.25) is 14.5 Å². The van der Waals surface area contributed by atoms with E-state index in [1.54, 1.807) is 36.1 Å². The molecule has 21 heavy (non-hydrogen) atoms. The van der Waals surface area contributed by atoms with Crippen LogP contribution >= 0.6 is 0 Å². The van der Waals surface area contributed by atoms with Crippen LogP contribution in [0.3, 0.4) is 0 Å². The molecule has 0 saturated heterocycles. The lowest BCUT2D eigenvalue weighted by Gasteiger charge is -2.26. The number of benzene rings is 1. The Labute approximate surface area is 125 Å². The summed E-state index contributed by atoms with van der Waals surface area (Å²) < 4.78 is 0. The van der Waals surface area contributed by atoms with Crippen LogP contribution in [0.2, 0.25) is 0 Å². The molecule has 0 aliphatic heterocycles. The van der Waals surface area contributed by atoms with Gasteiger partial charge in [-0.2, -0.15) is 0 Å². The number of unbranched alkanes of at least 4 members (excludes halogenated alkanes) is 1. The van der Waals surface area contributed by atoms with Crippen LogP contribution in [0.5, 0.6) is 0 Å². The molecule has 0 fully saturated rings. The molecule has 6 nitrogen and oxygen atoms in total. The SMILES string of the molecule is CCCCN(CC(N)=O)C(C)C(=O)Nc1cccc(N)c1. The van der Waals surface area contributed by atoms with Gasteiger partial charge in [0.25, 0.3) is 0 Å². The summed E-state index contributed by atoms with van der Waals surface area (Å²) in [6.45, 7) is 4.55. The average Bonchev–Trinajstić information content (AvgIpc) is 2.42. The van der Waals surface area contributed by atoms with Crippen LogP contribution in [0, 0.1) is 0 Å². The number of anilines is 2. The second-order valence-electron chi connectivity index (χ2n) is 5.08. The first-order chi connectivity index (χ1) is 9.93. The van der Waals surface area contributed by atoms with Crippen LogP contribution in [0.1, 0.15) is 26.7 Å². The molecule has 116 valence electrons. The lowest BCUT2D eigenvalue weighted by atomic mass is 10.2. The van der Waals surface area contributed by atoms with Crippen molar-refractivity contribution in [1.82, 2.24) is 4.90 Å². The molecule has 1 aromatic rings. The Hall–Kier alpha value is -2.08. The van der Waals surface area contributed by atoms with E-state index in [0.717, 1.165) is 12.8 Å². The van der Waals surface area contributed by atoms with Crippen molar-refractivity contribution in [2.45, 2.75) is 32.7 Å². The monoisotopic (exact) mass is 292 g/mol. The summed E-state index contributed by atoms with van der Waals surface area (Å²) in [6.07, 6.45) is 1.89. The average molecular weight is 292 g/mol. The number of hydrogen-bond acceptors (Lipinski definition) is 4. The van der Waals surface area contributed by atoms with E-state index in [1.807, 2.05) is 0 Å². The van der Waals surface area contributed by atoms with Crippen molar-refractivity contribution in [3.8, 4) is 0 Å². The molecule has 0 aromatic heterocycles. The van der Waals surface area contributed by atoms with Gasteiger partial charge in [-0.1, -0.05) is 19.4 Å². The minimum absolute atomic E-state index is 0.0749. The molecule has 1 unspecified atom stereocenters. The Morgan fingerprint density at radius 3 is 2.67 bits per heavy atom. The normalized spacial score (nSPS) is 12.1. The van der Waals surface area contributed by atoms with Crippen LogP contribution < -0.4 is 16.8 Å². The van der Waals surface area contributed by atoms with Crippen LogP contribution in [0.15, 0.2) is 24.3 Å². The summed E-state index contributed by atoms with van der Waals surface area (Å²) in [5.41, 5.74) is 12.1. The van der Waals surface area contributed by atoms with E-state index in [4.69, 9.17) is 11.5 Å². The molecular weight excluding hydrogens is 268 g/mol. The van der Waals surface area contributed by atoms with Crippen molar-refractivity contribution in [3.63, 3.8) is 0 Å². The maximum atomic E-state index is 12.3. The molecule has 0 heterocycles. The Morgan fingerprint density at radius 1 is 1.38 bits per heavy atom. The molecule has 0 aliphatic rings. The number of rotatable bonds is 8. The van der Waals surface area contributed by atoms with E-state index in [2.05, 4.69) is 12.2 Å². The Kier molecular flexibility index (Phi) is 6.68. The van der Waals surface area contributed by atoms with Crippen molar-refractivity contribution in [1.29, 1.82) is 0 Å². The number of carbonyl (C=O) groups is 2. The van der Waals surface area contributed by atoms with E-state index < -0.39 is 11.9 Å². The first-order valence-corrected chi connectivity index (χ1v) is 7.12. The molecule has 1 aromatic carbocycles. The molecule has 0 aliphatic carbocycles. The largest absolute Gasteiger partial charge is 0.399 e. The van der Waals surface area contributed by atoms with Crippen LogP contribution in [-0.4, -0.2) is 35.8 Å². The number of nitrogen functional groups attached to an aromatic ring is 1. The number of primary amides is 1. The number of hydrogen-bond donors (Lipinski definition) is 3. The van der Waals surface area contributed by atoms with Gasteiger partial charge in [0.15, 0.2) is 0 Å². The van der Waals surface area contributed by atoms with Crippen molar-refractivity contribution < 1.29 is 9.59 Å². The maximum Gasteiger partial charge on any atom is 0.241 e. The van der Waals surface area contributed by atoms with Gasteiger partial charge < -0.3 is 16.8 Å². The maximum absolute atomic E-state index is 12.3. The first-order valence-electron chi connectivity index (χ1n) is 7.12. The Bertz CT molecular complexity index is 490. The lowest BCUT2D eigenvalue weighted by Crippen LogP contribution is -2.46. The van der Waals surface area contributed by atoms with Crippen LogP contribution in [0.25, 0.3) is 0 Å². The van der Waals surface area contributed by atoms with Gasteiger partial charge in [-0.05, 0) is 38.1 Å². The van der Waals surface area contributed by atoms with E-state index in [0.29, 0.717) is 17.9 Å². The molecule has 6 heteroatoms. The molecule has 5 N–H and O–H groups in total. The third kappa shape index (κ3) is 5.83. The third-order valence-electron chi connectivity index (χ3n) is 3.24. The number of carbonyl (C=O) groups excluding carboxylic acids is 2. The second kappa shape index (κ2) is 8.26. The molecule has 0 saturated carbocycles. The smallest absolute Gasteiger partial charge is 0.241 e. The molecule has 0 bridgehead atoms. The Balaban J connectivity index is 2.70. The van der Waals surface area contributed by atoms with E-state index in [9.17, 15) is 9.59 Å². The topological polar surface area (TPSA) is 101 Å². The predicted octanol–water partition coefficient (Wildman–Crippen LogP) is 1.18. The molecule has 0 radical (unpaired) electrons. The summed E-state index contributed by atoms with van der Waals surface area (Å²) in [7, 11) is 0. The fraction of sp³-hybridized carbons (Fsp3) is 0.467. The minimum Gasteiger partial charge on any atom is -0.399 e. The molecule has 2 amide bonds. The van der Waals surface area contributed by atoms with Gasteiger partial charge in [-0.15, -0.1) is 0 Å². The molecule has 1 atom stereocenters. The summed E-state index contributed by atoms with van der Waals surface area (Å²) in [4.78, 5) is 25.2. The van der Waals surface area contributed by atoms with Crippen LogP contribution in [0.4, 0.5) is 11.4 Å². The van der Waals surface area contributed by atoms with Gasteiger partial charge in [0.1, 0.15) is 0 Å². The van der Waals surface area contributed by atoms with Gasteiger partial charge >= 0.3 is 0 Å². The van der Waals surface area contributed by atoms with Crippen molar-refractivity contribution in [3.05, 3.63) is 24.3 Å². The second-order valence-corrected chi connectivity index (χ2v) is 5.08. The quantitative estimate of drug-likeness (QED) is 0.626. The van der Waals surface area contributed by atoms with Gasteiger partial charge in [0, 0.05) is 11.4 Å². The van der Waals surface area contributed by atoms with E-state index in [1.165, 1.54) is 0 Å². The van der Waals surface area contributed by atoms with E-state index >= 15 is 0 Å². The minimum atomic E-state index is -0.439. The fourth-order valence-electron chi connectivity index (χ4n) is 2.00. The van der Waals surface area contributed by atoms with Crippen LogP contribution in [-0.2, 0) is 9.59 Å². The van der Waals surface area contributed by atoms with Gasteiger partial charge in [0.2, 0.25) is 11.8 Å². The number of nitrogens with one attached hydrogen (secondary N) is 1. The van der Waals surface area contributed by atoms with E-state index in [-0.39, 0.29) is 12.5 Å². The van der Waals surface area contributed by atoms with Crippen molar-refractivity contribution in [2.24, 2.45) is 5.73 Å². The number of amides is 2. The van der Waals surface area contributed by atoms with Gasteiger partial charge in [-0.25, -0.2) is 0 Å². The molecule has 1 rings (SSSR count). The fourth-order valence-corrected chi connectivity index (χ4v) is 2.00. The van der Waals surface area contributed by atoms with Gasteiger partial charge in [0.05, 0.1) is 12.6 Å². The number of nitrogens with zero attached hydrogens (tertiary/aromatic N) is 1.